The SMILES string of the molecule is Cc1oc(-c2ccc(F)cc2)nc1CO[C@@H]1CCC[C@H](OC(=O)c2cccc([N+](=O)[O-])c2)C1. The van der Waals surface area contributed by atoms with Gasteiger partial charge >= 0.3 is 5.97 Å². The van der Waals surface area contributed by atoms with Gasteiger partial charge in [-0.2, -0.15) is 0 Å². The van der Waals surface area contributed by atoms with E-state index < -0.39 is 10.9 Å². The third-order valence-electron chi connectivity index (χ3n) is 5.58. The molecule has 172 valence electrons. The fourth-order valence-electron chi connectivity index (χ4n) is 3.80. The Bertz CT molecular complexity index is 1140. The number of non-ortho nitro benzene ring substituents is 1. The normalized spacial score (nSPS) is 18.1. The molecular formula is C24H23FN2O6. The minimum atomic E-state index is -0.583. The second-order valence-electron chi connectivity index (χ2n) is 7.96. The first-order chi connectivity index (χ1) is 15.9. The summed E-state index contributed by atoms with van der Waals surface area (Å²) in [5, 5.41) is 10.9. The zero-order valence-corrected chi connectivity index (χ0v) is 18.0. The minimum absolute atomic E-state index is 0.118. The van der Waals surface area contributed by atoms with Crippen molar-refractivity contribution in [1.82, 2.24) is 4.98 Å². The number of benzene rings is 2. The summed E-state index contributed by atoms with van der Waals surface area (Å²) >= 11 is 0. The molecule has 3 aromatic rings. The summed E-state index contributed by atoms with van der Waals surface area (Å²) in [4.78, 5) is 27.3. The molecule has 1 aromatic heterocycles. The summed E-state index contributed by atoms with van der Waals surface area (Å²) in [5.41, 5.74) is 1.33. The van der Waals surface area contributed by atoms with E-state index >= 15 is 0 Å². The lowest BCUT2D eigenvalue weighted by molar-refractivity contribution is -0.384. The Morgan fingerprint density at radius 2 is 1.97 bits per heavy atom. The van der Waals surface area contributed by atoms with E-state index in [0.29, 0.717) is 35.7 Å². The summed E-state index contributed by atoms with van der Waals surface area (Å²) in [7, 11) is 0. The predicted octanol–water partition coefficient (Wildman–Crippen LogP) is 5.38. The van der Waals surface area contributed by atoms with Crippen LogP contribution < -0.4 is 0 Å². The number of halogens is 1. The maximum Gasteiger partial charge on any atom is 0.338 e. The van der Waals surface area contributed by atoms with Crippen LogP contribution in [0.4, 0.5) is 10.1 Å². The number of hydrogen-bond acceptors (Lipinski definition) is 7. The minimum Gasteiger partial charge on any atom is -0.459 e. The largest absolute Gasteiger partial charge is 0.459 e. The Kier molecular flexibility index (Phi) is 6.79. The number of carbonyl (C=O) groups is 1. The fourth-order valence-corrected chi connectivity index (χ4v) is 3.80. The number of nitro groups is 1. The molecule has 0 unspecified atom stereocenters. The van der Waals surface area contributed by atoms with Gasteiger partial charge < -0.3 is 13.9 Å². The van der Waals surface area contributed by atoms with E-state index in [9.17, 15) is 19.3 Å². The second kappa shape index (κ2) is 9.91. The van der Waals surface area contributed by atoms with Crippen LogP contribution in [0.3, 0.4) is 0 Å². The van der Waals surface area contributed by atoms with Crippen molar-refractivity contribution in [1.29, 1.82) is 0 Å². The first-order valence-corrected chi connectivity index (χ1v) is 10.7. The van der Waals surface area contributed by atoms with Crippen molar-refractivity contribution in [3.63, 3.8) is 0 Å². The van der Waals surface area contributed by atoms with Gasteiger partial charge in [0, 0.05) is 24.1 Å². The van der Waals surface area contributed by atoms with Gasteiger partial charge in [0.15, 0.2) is 0 Å². The third-order valence-corrected chi connectivity index (χ3v) is 5.58. The lowest BCUT2D eigenvalue weighted by Crippen LogP contribution is -2.30. The molecule has 0 amide bonds. The molecule has 0 radical (unpaired) electrons. The van der Waals surface area contributed by atoms with Crippen molar-refractivity contribution in [3.05, 3.63) is 81.5 Å². The van der Waals surface area contributed by atoms with Gasteiger partial charge in [-0.3, -0.25) is 10.1 Å². The van der Waals surface area contributed by atoms with E-state index in [2.05, 4.69) is 4.98 Å². The molecule has 1 saturated carbocycles. The average Bonchev–Trinajstić information content (AvgIpc) is 3.19. The highest BCUT2D eigenvalue weighted by molar-refractivity contribution is 5.90. The Morgan fingerprint density at radius 3 is 2.73 bits per heavy atom. The number of esters is 1. The number of aromatic nitrogens is 1. The first kappa shape index (κ1) is 22.6. The number of ether oxygens (including phenoxy) is 2. The van der Waals surface area contributed by atoms with Gasteiger partial charge in [-0.25, -0.2) is 14.2 Å². The van der Waals surface area contributed by atoms with Gasteiger partial charge in [-0.05, 0) is 56.5 Å². The second-order valence-corrected chi connectivity index (χ2v) is 7.96. The number of aryl methyl sites for hydroxylation is 1. The molecule has 9 heteroatoms. The third kappa shape index (κ3) is 5.61. The van der Waals surface area contributed by atoms with Crippen LogP contribution in [0.1, 0.15) is 47.5 Å². The van der Waals surface area contributed by atoms with Gasteiger partial charge in [0.1, 0.15) is 23.4 Å². The van der Waals surface area contributed by atoms with Crippen molar-refractivity contribution in [2.75, 3.05) is 0 Å². The van der Waals surface area contributed by atoms with Crippen molar-refractivity contribution in [2.45, 2.75) is 51.4 Å². The summed E-state index contributed by atoms with van der Waals surface area (Å²) in [6, 6.07) is 11.4. The Morgan fingerprint density at radius 1 is 1.21 bits per heavy atom. The standard InChI is InChI=1S/C24H23FN2O6/c1-15-22(26-23(32-15)16-8-10-18(25)11-9-16)14-31-20-6-3-7-21(13-20)33-24(28)17-4-2-5-19(12-17)27(29)30/h2,4-5,8-12,20-21H,3,6-7,13-14H2,1H3/t20-,21+/m1/s1. The molecule has 8 nitrogen and oxygen atoms in total. The van der Waals surface area contributed by atoms with Crippen molar-refractivity contribution >= 4 is 11.7 Å². The molecule has 0 spiro atoms. The van der Waals surface area contributed by atoms with Crippen LogP contribution in [-0.2, 0) is 16.1 Å². The lowest BCUT2D eigenvalue weighted by Gasteiger charge is -2.28. The van der Waals surface area contributed by atoms with Gasteiger partial charge in [0.2, 0.25) is 5.89 Å². The molecule has 1 fully saturated rings. The van der Waals surface area contributed by atoms with Crippen LogP contribution in [0.15, 0.2) is 52.9 Å². The van der Waals surface area contributed by atoms with Crippen molar-refractivity contribution in [3.8, 4) is 11.5 Å². The molecule has 33 heavy (non-hydrogen) atoms. The number of rotatable bonds is 7. The zero-order valence-electron chi connectivity index (χ0n) is 18.0. The summed E-state index contributed by atoms with van der Waals surface area (Å²) in [6.45, 7) is 2.04. The average molecular weight is 454 g/mol. The predicted molar refractivity (Wildman–Crippen MR) is 116 cm³/mol. The van der Waals surface area contributed by atoms with Gasteiger partial charge in [-0.1, -0.05) is 6.07 Å². The Hall–Kier alpha value is -3.59. The monoisotopic (exact) mass is 454 g/mol. The first-order valence-electron chi connectivity index (χ1n) is 10.7. The van der Waals surface area contributed by atoms with Crippen LogP contribution >= 0.6 is 0 Å². The van der Waals surface area contributed by atoms with Crippen LogP contribution in [0.25, 0.3) is 11.5 Å². The topological polar surface area (TPSA) is 105 Å². The maximum atomic E-state index is 13.1. The van der Waals surface area contributed by atoms with E-state index in [1.165, 1.54) is 36.4 Å². The summed E-state index contributed by atoms with van der Waals surface area (Å²) in [6.07, 6.45) is 2.44. The number of oxazole rings is 1. The number of nitro benzene ring substituents is 1. The number of nitrogens with zero attached hydrogens (tertiary/aromatic N) is 2. The van der Waals surface area contributed by atoms with Crippen LogP contribution in [0, 0.1) is 22.9 Å². The molecule has 0 saturated heterocycles. The molecule has 1 aliphatic rings. The highest BCUT2D eigenvalue weighted by Crippen LogP contribution is 2.27. The molecule has 0 N–H and O–H groups in total. The molecule has 0 bridgehead atoms. The number of hydrogen-bond donors (Lipinski definition) is 0. The molecular weight excluding hydrogens is 431 g/mol. The van der Waals surface area contributed by atoms with E-state index in [0.717, 1.165) is 12.8 Å². The quantitative estimate of drug-likeness (QED) is 0.268. The Balaban J connectivity index is 1.33. The lowest BCUT2D eigenvalue weighted by atomic mass is 9.94. The van der Waals surface area contributed by atoms with Crippen LogP contribution in [0.2, 0.25) is 0 Å². The molecule has 2 atom stereocenters. The van der Waals surface area contributed by atoms with Gasteiger partial charge in [0.05, 0.1) is 23.2 Å². The molecule has 1 aliphatic carbocycles. The smallest absolute Gasteiger partial charge is 0.338 e. The molecule has 2 aromatic carbocycles. The van der Waals surface area contributed by atoms with E-state index in [4.69, 9.17) is 13.9 Å². The molecule has 1 heterocycles. The highest BCUT2D eigenvalue weighted by Gasteiger charge is 2.27. The number of carbonyl (C=O) groups excluding carboxylic acids is 1. The summed E-state index contributed by atoms with van der Waals surface area (Å²) in [5.74, 6) is 0.113. The zero-order chi connectivity index (χ0) is 23.4. The van der Waals surface area contributed by atoms with Crippen LogP contribution in [-0.4, -0.2) is 28.1 Å². The Labute approximate surface area is 189 Å². The molecule has 0 aliphatic heterocycles. The van der Waals surface area contributed by atoms with Gasteiger partial charge in [-0.15, -0.1) is 0 Å². The van der Waals surface area contributed by atoms with E-state index in [-0.39, 0.29) is 35.9 Å². The van der Waals surface area contributed by atoms with Crippen molar-refractivity contribution < 1.29 is 28.0 Å². The van der Waals surface area contributed by atoms with E-state index in [1.807, 2.05) is 0 Å². The molecule has 4 rings (SSSR count). The van der Waals surface area contributed by atoms with Crippen LogP contribution in [0.5, 0.6) is 0 Å². The fraction of sp³-hybridized carbons (Fsp3) is 0.333. The highest BCUT2D eigenvalue weighted by atomic mass is 19.1. The summed E-state index contributed by atoms with van der Waals surface area (Å²) < 4.78 is 30.4. The maximum absolute atomic E-state index is 13.1. The van der Waals surface area contributed by atoms with Crippen molar-refractivity contribution in [2.24, 2.45) is 0 Å². The van der Waals surface area contributed by atoms with E-state index in [1.54, 1.807) is 19.1 Å². The van der Waals surface area contributed by atoms with Gasteiger partial charge in [0.25, 0.3) is 5.69 Å².